The zero-order valence-corrected chi connectivity index (χ0v) is 14.7. The average molecular weight is 332 g/mol. The third-order valence-corrected chi connectivity index (χ3v) is 5.38. The first kappa shape index (κ1) is 16.2. The Bertz CT molecular complexity index is 650. The minimum Gasteiger partial charge on any atom is -0.342 e. The van der Waals surface area contributed by atoms with Crippen molar-refractivity contribution in [3.63, 3.8) is 0 Å². The van der Waals surface area contributed by atoms with E-state index in [9.17, 15) is 4.79 Å². The molecular formula is C17H24N4OS. The summed E-state index contributed by atoms with van der Waals surface area (Å²) in [5.74, 6) is 0.691. The number of hydrogen-bond acceptors (Lipinski definition) is 4. The average Bonchev–Trinajstić information content (AvgIpc) is 3.17. The van der Waals surface area contributed by atoms with Crippen molar-refractivity contribution in [2.45, 2.75) is 52.0 Å². The summed E-state index contributed by atoms with van der Waals surface area (Å²) in [6, 6.07) is 2.07. The van der Waals surface area contributed by atoms with Crippen molar-refractivity contribution in [3.05, 3.63) is 34.0 Å². The molecule has 1 fully saturated rings. The zero-order chi connectivity index (χ0) is 16.2. The smallest absolute Gasteiger partial charge is 0.222 e. The van der Waals surface area contributed by atoms with Crippen LogP contribution in [-0.2, 0) is 11.3 Å². The topological polar surface area (TPSA) is 51.0 Å². The van der Waals surface area contributed by atoms with Crippen LogP contribution in [0.25, 0.3) is 0 Å². The lowest BCUT2D eigenvalue weighted by Crippen LogP contribution is -2.39. The van der Waals surface area contributed by atoms with E-state index in [0.717, 1.165) is 50.3 Å². The maximum Gasteiger partial charge on any atom is 0.222 e. The van der Waals surface area contributed by atoms with Crippen LogP contribution in [0.5, 0.6) is 0 Å². The van der Waals surface area contributed by atoms with Gasteiger partial charge in [0.15, 0.2) is 0 Å². The van der Waals surface area contributed by atoms with Crippen LogP contribution < -0.4 is 0 Å². The highest BCUT2D eigenvalue weighted by Crippen LogP contribution is 2.28. The van der Waals surface area contributed by atoms with Crippen molar-refractivity contribution < 1.29 is 4.79 Å². The SMILES string of the molecule is Cc1cc(C)n(CCCC(=O)N2CCC[C@@H](c3nccs3)C2)n1. The van der Waals surface area contributed by atoms with Crippen LogP contribution in [0.3, 0.4) is 0 Å². The molecule has 0 N–H and O–H groups in total. The van der Waals surface area contributed by atoms with Crippen LogP contribution in [0, 0.1) is 13.8 Å². The van der Waals surface area contributed by atoms with Crippen LogP contribution in [0.2, 0.25) is 0 Å². The third kappa shape index (κ3) is 3.99. The minimum absolute atomic E-state index is 0.271. The second-order valence-electron chi connectivity index (χ2n) is 6.30. The van der Waals surface area contributed by atoms with Gasteiger partial charge in [0.1, 0.15) is 0 Å². The molecule has 0 saturated carbocycles. The Morgan fingerprint density at radius 1 is 1.43 bits per heavy atom. The summed E-state index contributed by atoms with van der Waals surface area (Å²) < 4.78 is 2.00. The summed E-state index contributed by atoms with van der Waals surface area (Å²) in [5.41, 5.74) is 2.20. The molecule has 6 heteroatoms. The lowest BCUT2D eigenvalue weighted by molar-refractivity contribution is -0.132. The normalized spacial score (nSPS) is 18.3. The molecule has 0 unspecified atom stereocenters. The molecule has 0 bridgehead atoms. The van der Waals surface area contributed by atoms with Crippen LogP contribution in [0.15, 0.2) is 17.6 Å². The fraction of sp³-hybridized carbons (Fsp3) is 0.588. The molecule has 1 amide bonds. The fourth-order valence-corrected chi connectivity index (χ4v) is 4.05. The third-order valence-electron chi connectivity index (χ3n) is 4.44. The number of amides is 1. The molecule has 2 aromatic rings. The predicted molar refractivity (Wildman–Crippen MR) is 91.6 cm³/mol. The second-order valence-corrected chi connectivity index (χ2v) is 7.23. The molecule has 3 rings (SSSR count). The monoisotopic (exact) mass is 332 g/mol. The van der Waals surface area contributed by atoms with Gasteiger partial charge in [0.05, 0.1) is 10.7 Å². The molecule has 3 heterocycles. The summed E-state index contributed by atoms with van der Waals surface area (Å²) in [5, 5.41) is 7.64. The van der Waals surface area contributed by atoms with Gasteiger partial charge < -0.3 is 4.90 Å². The summed E-state index contributed by atoms with van der Waals surface area (Å²) >= 11 is 1.70. The molecule has 2 aromatic heterocycles. The molecule has 23 heavy (non-hydrogen) atoms. The molecule has 0 spiro atoms. The van der Waals surface area contributed by atoms with Crippen molar-refractivity contribution in [3.8, 4) is 0 Å². The molecule has 1 aliphatic rings. The van der Waals surface area contributed by atoms with Crippen LogP contribution >= 0.6 is 11.3 Å². The molecule has 124 valence electrons. The molecular weight excluding hydrogens is 308 g/mol. The van der Waals surface area contributed by atoms with Gasteiger partial charge in [-0.05, 0) is 39.2 Å². The van der Waals surface area contributed by atoms with E-state index in [1.54, 1.807) is 11.3 Å². The quantitative estimate of drug-likeness (QED) is 0.845. The Morgan fingerprint density at radius 3 is 3.00 bits per heavy atom. The highest BCUT2D eigenvalue weighted by molar-refractivity contribution is 7.09. The van der Waals surface area contributed by atoms with Crippen LogP contribution in [0.1, 0.15) is 48.0 Å². The number of carbonyl (C=O) groups is 1. The van der Waals surface area contributed by atoms with E-state index in [4.69, 9.17) is 0 Å². The number of aryl methyl sites for hydroxylation is 3. The lowest BCUT2D eigenvalue weighted by Gasteiger charge is -2.32. The van der Waals surface area contributed by atoms with E-state index < -0.39 is 0 Å². The maximum atomic E-state index is 12.5. The number of aromatic nitrogens is 3. The van der Waals surface area contributed by atoms with Gasteiger partial charge in [0.25, 0.3) is 0 Å². The molecule has 0 aliphatic carbocycles. The highest BCUT2D eigenvalue weighted by atomic mass is 32.1. The zero-order valence-electron chi connectivity index (χ0n) is 13.9. The lowest BCUT2D eigenvalue weighted by atomic mass is 9.98. The van der Waals surface area contributed by atoms with Gasteiger partial charge in [-0.15, -0.1) is 11.3 Å². The predicted octanol–water partition coefficient (Wildman–Crippen LogP) is 3.14. The van der Waals surface area contributed by atoms with Gasteiger partial charge >= 0.3 is 0 Å². The molecule has 5 nitrogen and oxygen atoms in total. The summed E-state index contributed by atoms with van der Waals surface area (Å²) in [6.45, 7) is 6.59. The molecule has 1 aliphatic heterocycles. The van der Waals surface area contributed by atoms with Gasteiger partial charge in [-0.2, -0.15) is 5.10 Å². The molecule has 1 atom stereocenters. The van der Waals surface area contributed by atoms with E-state index in [1.807, 2.05) is 28.1 Å². The first-order valence-electron chi connectivity index (χ1n) is 8.31. The number of hydrogen-bond donors (Lipinski definition) is 0. The van der Waals surface area contributed by atoms with Gasteiger partial charge in [-0.25, -0.2) is 4.98 Å². The van der Waals surface area contributed by atoms with E-state index in [-0.39, 0.29) is 5.91 Å². The largest absolute Gasteiger partial charge is 0.342 e. The Morgan fingerprint density at radius 2 is 2.30 bits per heavy atom. The van der Waals surface area contributed by atoms with Gasteiger partial charge in [0, 0.05) is 49.2 Å². The van der Waals surface area contributed by atoms with Crippen molar-refractivity contribution in [2.75, 3.05) is 13.1 Å². The van der Waals surface area contributed by atoms with Gasteiger partial charge in [-0.3, -0.25) is 9.48 Å². The standard InChI is InChI=1S/C17H24N4OS/c1-13-11-14(2)21(19-13)9-4-6-16(22)20-8-3-5-15(12-20)17-18-7-10-23-17/h7,10-11,15H,3-6,8-9,12H2,1-2H3/t15-/m1/s1. The van der Waals surface area contributed by atoms with Crippen LogP contribution in [-0.4, -0.2) is 38.7 Å². The summed E-state index contributed by atoms with van der Waals surface area (Å²) in [4.78, 5) is 18.9. The maximum absolute atomic E-state index is 12.5. The van der Waals surface area contributed by atoms with E-state index in [1.165, 1.54) is 5.01 Å². The molecule has 0 radical (unpaired) electrons. The van der Waals surface area contributed by atoms with Crippen molar-refractivity contribution >= 4 is 17.2 Å². The summed E-state index contributed by atoms with van der Waals surface area (Å²) in [7, 11) is 0. The first-order valence-corrected chi connectivity index (χ1v) is 9.19. The number of thiazole rings is 1. The number of likely N-dealkylation sites (tertiary alicyclic amines) is 1. The Hall–Kier alpha value is -1.69. The number of nitrogens with zero attached hydrogens (tertiary/aromatic N) is 4. The Balaban J connectivity index is 1.49. The van der Waals surface area contributed by atoms with Gasteiger partial charge in [-0.1, -0.05) is 0 Å². The Kier molecular flexibility index (Phi) is 5.10. The molecule has 0 aromatic carbocycles. The van der Waals surface area contributed by atoms with E-state index >= 15 is 0 Å². The minimum atomic E-state index is 0.271. The van der Waals surface area contributed by atoms with E-state index in [2.05, 4.69) is 23.1 Å². The van der Waals surface area contributed by atoms with Crippen molar-refractivity contribution in [2.24, 2.45) is 0 Å². The van der Waals surface area contributed by atoms with Crippen molar-refractivity contribution in [1.29, 1.82) is 0 Å². The van der Waals surface area contributed by atoms with Gasteiger partial charge in [0.2, 0.25) is 5.91 Å². The number of rotatable bonds is 5. The second kappa shape index (κ2) is 7.25. The van der Waals surface area contributed by atoms with Crippen LogP contribution in [0.4, 0.5) is 0 Å². The fourth-order valence-electron chi connectivity index (χ4n) is 3.28. The first-order chi connectivity index (χ1) is 11.1. The van der Waals surface area contributed by atoms with Crippen molar-refractivity contribution in [1.82, 2.24) is 19.7 Å². The number of piperidine rings is 1. The Labute approximate surface area is 141 Å². The highest BCUT2D eigenvalue weighted by Gasteiger charge is 2.25. The summed E-state index contributed by atoms with van der Waals surface area (Å²) in [6.07, 6.45) is 5.52. The van der Waals surface area contributed by atoms with E-state index in [0.29, 0.717) is 12.3 Å². The number of carbonyl (C=O) groups excluding carboxylic acids is 1. The molecule has 1 saturated heterocycles.